The van der Waals surface area contributed by atoms with Crippen LogP contribution in [0.1, 0.15) is 19.3 Å². The molecule has 3 rings (SSSR count). The summed E-state index contributed by atoms with van der Waals surface area (Å²) in [4.78, 5) is 2.86. The molecule has 0 N–H and O–H groups in total. The van der Waals surface area contributed by atoms with Gasteiger partial charge in [0.05, 0.1) is 4.90 Å². The summed E-state index contributed by atoms with van der Waals surface area (Å²) in [5.41, 5.74) is 0. The zero-order valence-electron chi connectivity index (χ0n) is 11.0. The van der Waals surface area contributed by atoms with Crippen molar-refractivity contribution in [1.82, 2.24) is 9.21 Å². The van der Waals surface area contributed by atoms with Gasteiger partial charge in [0.1, 0.15) is 0 Å². The van der Waals surface area contributed by atoms with E-state index >= 15 is 0 Å². The highest BCUT2D eigenvalue weighted by molar-refractivity contribution is 7.89. The summed E-state index contributed by atoms with van der Waals surface area (Å²) >= 11 is 0. The Morgan fingerprint density at radius 1 is 1.00 bits per heavy atom. The van der Waals surface area contributed by atoms with Crippen molar-refractivity contribution in [2.45, 2.75) is 30.2 Å². The van der Waals surface area contributed by atoms with Gasteiger partial charge < -0.3 is 0 Å². The Balaban J connectivity index is 1.85. The predicted molar refractivity (Wildman–Crippen MR) is 74.4 cm³/mol. The molecule has 0 bridgehead atoms. The highest BCUT2D eigenvalue weighted by atomic mass is 32.2. The van der Waals surface area contributed by atoms with E-state index in [4.69, 9.17) is 0 Å². The zero-order valence-corrected chi connectivity index (χ0v) is 11.8. The number of nitrogens with zero attached hydrogens (tertiary/aromatic N) is 2. The highest BCUT2D eigenvalue weighted by Gasteiger charge is 2.34. The van der Waals surface area contributed by atoms with Crippen molar-refractivity contribution in [3.63, 3.8) is 0 Å². The van der Waals surface area contributed by atoms with Gasteiger partial charge >= 0.3 is 0 Å². The molecule has 2 fully saturated rings. The molecule has 0 aromatic heterocycles. The molecule has 1 aromatic carbocycles. The Morgan fingerprint density at radius 2 is 1.74 bits per heavy atom. The molecule has 2 aliphatic rings. The van der Waals surface area contributed by atoms with E-state index in [1.54, 1.807) is 28.6 Å². The maximum absolute atomic E-state index is 12.6. The van der Waals surface area contributed by atoms with Crippen LogP contribution >= 0.6 is 0 Å². The fourth-order valence-corrected chi connectivity index (χ4v) is 4.67. The molecule has 0 saturated carbocycles. The molecule has 0 spiro atoms. The average Bonchev–Trinajstić information content (AvgIpc) is 2.76. The quantitative estimate of drug-likeness (QED) is 0.825. The van der Waals surface area contributed by atoms with Gasteiger partial charge in [0.25, 0.3) is 0 Å². The average molecular weight is 280 g/mol. The number of hydrogen-bond donors (Lipinski definition) is 0. The lowest BCUT2D eigenvalue weighted by Gasteiger charge is -2.25. The number of rotatable bonds is 2. The van der Waals surface area contributed by atoms with E-state index in [-0.39, 0.29) is 0 Å². The van der Waals surface area contributed by atoms with Crippen molar-refractivity contribution in [3.05, 3.63) is 30.3 Å². The summed E-state index contributed by atoms with van der Waals surface area (Å²) in [5.74, 6) is 0. The van der Waals surface area contributed by atoms with Crippen LogP contribution in [-0.4, -0.2) is 49.8 Å². The van der Waals surface area contributed by atoms with Crippen LogP contribution in [0.15, 0.2) is 35.2 Å². The summed E-state index contributed by atoms with van der Waals surface area (Å²) < 4.78 is 27.0. The molecule has 1 atom stereocenters. The van der Waals surface area contributed by atoms with Crippen LogP contribution in [0.4, 0.5) is 0 Å². The van der Waals surface area contributed by atoms with Gasteiger partial charge in [-0.15, -0.1) is 0 Å². The summed E-state index contributed by atoms with van der Waals surface area (Å²) in [6.45, 7) is 3.46. The Kier molecular flexibility index (Phi) is 3.60. The van der Waals surface area contributed by atoms with Crippen LogP contribution in [0.2, 0.25) is 0 Å². The third kappa shape index (κ3) is 2.55. The van der Waals surface area contributed by atoms with Crippen LogP contribution in [0.25, 0.3) is 0 Å². The molecule has 104 valence electrons. The number of benzene rings is 1. The molecule has 2 aliphatic heterocycles. The van der Waals surface area contributed by atoms with Gasteiger partial charge in [-0.1, -0.05) is 18.2 Å². The molecule has 2 heterocycles. The SMILES string of the molecule is O=S(=O)(c1ccccc1)N1CCCN2CCCC2C1. The number of sulfonamides is 1. The minimum Gasteiger partial charge on any atom is -0.299 e. The Morgan fingerprint density at radius 3 is 2.53 bits per heavy atom. The van der Waals surface area contributed by atoms with Crippen LogP contribution in [0.3, 0.4) is 0 Å². The van der Waals surface area contributed by atoms with Crippen molar-refractivity contribution in [2.75, 3.05) is 26.2 Å². The molecular weight excluding hydrogens is 260 g/mol. The second-order valence-corrected chi connectivity index (χ2v) is 7.30. The van der Waals surface area contributed by atoms with Gasteiger partial charge in [-0.3, -0.25) is 4.90 Å². The Bertz CT molecular complexity index is 530. The Labute approximate surface area is 115 Å². The molecule has 1 unspecified atom stereocenters. The third-order valence-corrected chi connectivity index (χ3v) is 6.03. The van der Waals surface area contributed by atoms with Crippen LogP contribution in [0.5, 0.6) is 0 Å². The summed E-state index contributed by atoms with van der Waals surface area (Å²) in [6, 6.07) is 9.21. The molecule has 5 heteroatoms. The van der Waals surface area contributed by atoms with Crippen molar-refractivity contribution in [3.8, 4) is 0 Å². The fraction of sp³-hybridized carbons (Fsp3) is 0.571. The number of fused-ring (bicyclic) bond motifs is 1. The second kappa shape index (κ2) is 5.23. The minimum absolute atomic E-state index is 0.418. The van der Waals surface area contributed by atoms with E-state index in [1.165, 1.54) is 6.42 Å². The smallest absolute Gasteiger partial charge is 0.243 e. The Hall–Kier alpha value is -0.910. The topological polar surface area (TPSA) is 40.6 Å². The molecule has 0 radical (unpaired) electrons. The summed E-state index contributed by atoms with van der Waals surface area (Å²) in [7, 11) is -3.32. The first-order valence-corrected chi connectivity index (χ1v) is 8.41. The standard InChI is InChI=1S/C14H20N2O2S/c17-19(18,14-7-2-1-3-8-14)16-11-5-10-15-9-4-6-13(15)12-16/h1-3,7-8,13H,4-6,9-12H2. The van der Waals surface area contributed by atoms with Crippen LogP contribution in [-0.2, 0) is 10.0 Å². The zero-order chi connectivity index (χ0) is 13.3. The second-order valence-electron chi connectivity index (χ2n) is 5.36. The molecule has 0 amide bonds. The third-order valence-electron chi connectivity index (χ3n) is 4.15. The lowest BCUT2D eigenvalue weighted by atomic mass is 10.2. The lowest BCUT2D eigenvalue weighted by molar-refractivity contribution is 0.257. The first-order chi connectivity index (χ1) is 9.18. The van der Waals surface area contributed by atoms with E-state index in [0.29, 0.717) is 24.0 Å². The summed E-state index contributed by atoms with van der Waals surface area (Å²) in [5, 5.41) is 0. The lowest BCUT2D eigenvalue weighted by Crippen LogP contribution is -2.39. The number of hydrogen-bond acceptors (Lipinski definition) is 3. The largest absolute Gasteiger partial charge is 0.299 e. The molecule has 2 saturated heterocycles. The van der Waals surface area contributed by atoms with Crippen molar-refractivity contribution >= 4 is 10.0 Å². The van der Waals surface area contributed by atoms with Crippen molar-refractivity contribution in [2.24, 2.45) is 0 Å². The highest BCUT2D eigenvalue weighted by Crippen LogP contribution is 2.25. The van der Waals surface area contributed by atoms with Crippen LogP contribution < -0.4 is 0 Å². The van der Waals surface area contributed by atoms with E-state index in [1.807, 2.05) is 6.07 Å². The van der Waals surface area contributed by atoms with E-state index in [0.717, 1.165) is 25.9 Å². The molecule has 0 aliphatic carbocycles. The predicted octanol–water partition coefficient (Wildman–Crippen LogP) is 1.55. The normalized spacial score (nSPS) is 26.0. The van der Waals surface area contributed by atoms with E-state index in [9.17, 15) is 8.42 Å². The minimum atomic E-state index is -3.32. The van der Waals surface area contributed by atoms with Crippen molar-refractivity contribution < 1.29 is 8.42 Å². The maximum atomic E-state index is 12.6. The van der Waals surface area contributed by atoms with Gasteiger partial charge in [0.15, 0.2) is 0 Å². The van der Waals surface area contributed by atoms with E-state index < -0.39 is 10.0 Å². The molecule has 1 aromatic rings. The first-order valence-electron chi connectivity index (χ1n) is 6.97. The molecule has 4 nitrogen and oxygen atoms in total. The maximum Gasteiger partial charge on any atom is 0.243 e. The van der Waals surface area contributed by atoms with Gasteiger partial charge in [-0.05, 0) is 44.5 Å². The van der Waals surface area contributed by atoms with Crippen molar-refractivity contribution in [1.29, 1.82) is 0 Å². The van der Waals surface area contributed by atoms with E-state index in [2.05, 4.69) is 4.90 Å². The molecular formula is C14H20N2O2S. The summed E-state index contributed by atoms with van der Waals surface area (Å²) in [6.07, 6.45) is 3.26. The van der Waals surface area contributed by atoms with Gasteiger partial charge in [-0.25, -0.2) is 8.42 Å². The van der Waals surface area contributed by atoms with Crippen LogP contribution in [0, 0.1) is 0 Å². The van der Waals surface area contributed by atoms with Gasteiger partial charge in [0, 0.05) is 19.1 Å². The fourth-order valence-electron chi connectivity index (χ4n) is 3.13. The van der Waals surface area contributed by atoms with Gasteiger partial charge in [0.2, 0.25) is 10.0 Å². The monoisotopic (exact) mass is 280 g/mol. The first kappa shape index (κ1) is 13.1. The molecule has 19 heavy (non-hydrogen) atoms. The van der Waals surface area contributed by atoms with Gasteiger partial charge in [-0.2, -0.15) is 4.31 Å².